The molecule has 0 saturated heterocycles. The average Bonchev–Trinajstić information content (AvgIpc) is 2.79. The summed E-state index contributed by atoms with van der Waals surface area (Å²) in [7, 11) is 3.49. The van der Waals surface area contributed by atoms with Gasteiger partial charge in [0, 0.05) is 48.2 Å². The van der Waals surface area contributed by atoms with Crippen LogP contribution in [0.2, 0.25) is 0 Å². The molecule has 0 aliphatic carbocycles. The van der Waals surface area contributed by atoms with Crippen LogP contribution in [0.5, 0.6) is 0 Å². The maximum absolute atomic E-state index is 13.9. The highest BCUT2D eigenvalue weighted by molar-refractivity contribution is 9.10. The Morgan fingerprint density at radius 2 is 1.29 bits per heavy atom. The number of anilines is 2. The Labute approximate surface area is 192 Å². The number of hydrogen-bond donors (Lipinski definition) is 0. The maximum Gasteiger partial charge on any atom is 0.235 e. The number of carbonyl (C=O) groups is 2. The number of hydrogen-bond acceptors (Lipinski definition) is 2. The van der Waals surface area contributed by atoms with Gasteiger partial charge in [-0.3, -0.25) is 14.5 Å². The lowest BCUT2D eigenvalue weighted by Gasteiger charge is -2.31. The van der Waals surface area contributed by atoms with Gasteiger partial charge in [0.25, 0.3) is 0 Å². The minimum Gasteiger partial charge on any atom is -0.349 e. The largest absolute Gasteiger partial charge is 0.349 e. The molecule has 3 aromatic rings. The molecule has 2 atom stereocenters. The van der Waals surface area contributed by atoms with Crippen LogP contribution in [-0.2, 0) is 9.59 Å². The van der Waals surface area contributed by atoms with Crippen molar-refractivity contribution in [3.8, 4) is 0 Å². The lowest BCUT2D eigenvalue weighted by Crippen LogP contribution is -2.36. The summed E-state index contributed by atoms with van der Waals surface area (Å²) < 4.78 is 0.961. The summed E-state index contributed by atoms with van der Waals surface area (Å²) in [6.07, 6.45) is 0.263. The monoisotopic (exact) mass is 478 g/mol. The molecule has 0 N–H and O–H groups in total. The van der Waals surface area contributed by atoms with Gasteiger partial charge in [-0.1, -0.05) is 71.4 Å². The number of rotatable bonds is 7. The van der Waals surface area contributed by atoms with E-state index >= 15 is 0 Å². The molecule has 0 aliphatic rings. The maximum atomic E-state index is 13.9. The molecular weight excluding hydrogens is 452 g/mol. The molecule has 0 bridgehead atoms. The molecule has 3 aromatic carbocycles. The van der Waals surface area contributed by atoms with E-state index in [0.29, 0.717) is 0 Å². The highest BCUT2D eigenvalue weighted by Gasteiger charge is 2.32. The molecule has 0 saturated carbocycles. The van der Waals surface area contributed by atoms with Crippen molar-refractivity contribution in [2.75, 3.05) is 19.0 Å². The molecule has 3 rings (SSSR count). The number of carbonyl (C=O) groups excluding carboxylic acids is 2. The average molecular weight is 479 g/mol. The molecule has 0 heterocycles. The van der Waals surface area contributed by atoms with Crippen molar-refractivity contribution in [2.24, 2.45) is 5.92 Å². The number of halogens is 1. The normalized spacial score (nSPS) is 12.6. The van der Waals surface area contributed by atoms with Crippen molar-refractivity contribution >= 4 is 39.1 Å². The molecule has 0 radical (unpaired) electrons. The first-order chi connectivity index (χ1) is 14.9. The lowest BCUT2D eigenvalue weighted by atomic mass is 9.83. The van der Waals surface area contributed by atoms with E-state index in [1.807, 2.05) is 91.9 Å². The summed E-state index contributed by atoms with van der Waals surface area (Å²) >= 11 is 3.47. The topological polar surface area (TPSA) is 40.6 Å². The Morgan fingerprint density at radius 1 is 0.806 bits per heavy atom. The Hall–Kier alpha value is -2.92. The number of nitrogens with zero attached hydrogens (tertiary/aromatic N) is 2. The molecule has 4 nitrogen and oxygen atoms in total. The summed E-state index contributed by atoms with van der Waals surface area (Å²) in [5.41, 5.74) is 2.58. The fraction of sp³-hybridized carbons (Fsp3) is 0.231. The van der Waals surface area contributed by atoms with E-state index < -0.39 is 5.92 Å². The van der Waals surface area contributed by atoms with Gasteiger partial charge in [-0.15, -0.1) is 0 Å². The molecule has 0 spiro atoms. The Morgan fingerprint density at radius 3 is 1.74 bits per heavy atom. The van der Waals surface area contributed by atoms with E-state index in [4.69, 9.17) is 0 Å². The quantitative estimate of drug-likeness (QED) is 0.416. The van der Waals surface area contributed by atoms with E-state index in [1.165, 1.54) is 0 Å². The van der Waals surface area contributed by atoms with Gasteiger partial charge in [0.05, 0.1) is 0 Å². The van der Waals surface area contributed by atoms with E-state index in [1.54, 1.807) is 23.9 Å². The predicted octanol–water partition coefficient (Wildman–Crippen LogP) is 6.01. The number of para-hydroxylation sites is 2. The zero-order valence-electron chi connectivity index (χ0n) is 18.0. The second-order valence-corrected chi connectivity index (χ2v) is 8.70. The first-order valence-electron chi connectivity index (χ1n) is 10.3. The Balaban J connectivity index is 2.01. The van der Waals surface area contributed by atoms with Crippen molar-refractivity contribution in [3.63, 3.8) is 0 Å². The third-order valence-electron chi connectivity index (χ3n) is 5.43. The summed E-state index contributed by atoms with van der Waals surface area (Å²) in [5, 5.41) is 0. The second kappa shape index (κ2) is 10.4. The van der Waals surface area contributed by atoms with Gasteiger partial charge in [-0.2, -0.15) is 0 Å². The Bertz CT molecular complexity index is 965. The van der Waals surface area contributed by atoms with Crippen LogP contribution >= 0.6 is 15.9 Å². The standard InChI is InChI=1S/C26H27BrN2O2/c1-19(24(18-25(30)28(2)3)20-14-16-21(27)17-15-20)26(31)29(22-10-6-4-7-11-22)23-12-8-5-9-13-23/h4-17,19,24H,18H2,1-3H3/t19-,24-/m0/s1. The summed E-state index contributed by atoms with van der Waals surface area (Å²) in [6.45, 7) is 1.91. The van der Waals surface area contributed by atoms with Crippen LogP contribution in [0.4, 0.5) is 11.4 Å². The van der Waals surface area contributed by atoms with E-state index in [0.717, 1.165) is 21.4 Å². The second-order valence-electron chi connectivity index (χ2n) is 7.78. The molecule has 31 heavy (non-hydrogen) atoms. The van der Waals surface area contributed by atoms with E-state index in [9.17, 15) is 9.59 Å². The van der Waals surface area contributed by atoms with Crippen LogP contribution in [0.25, 0.3) is 0 Å². The summed E-state index contributed by atoms with van der Waals surface area (Å²) in [6, 6.07) is 27.1. The predicted molar refractivity (Wildman–Crippen MR) is 129 cm³/mol. The summed E-state index contributed by atoms with van der Waals surface area (Å²) in [5.74, 6) is -0.702. The Kier molecular flexibility index (Phi) is 7.64. The molecular formula is C26H27BrN2O2. The highest BCUT2D eigenvalue weighted by Crippen LogP contribution is 2.35. The molecule has 160 valence electrons. The molecule has 2 amide bonds. The van der Waals surface area contributed by atoms with Crippen molar-refractivity contribution in [3.05, 3.63) is 95.0 Å². The van der Waals surface area contributed by atoms with Gasteiger partial charge in [0.1, 0.15) is 0 Å². The van der Waals surface area contributed by atoms with Gasteiger partial charge in [0.15, 0.2) is 0 Å². The number of benzene rings is 3. The molecule has 0 aromatic heterocycles. The lowest BCUT2D eigenvalue weighted by molar-refractivity contribution is -0.129. The SMILES string of the molecule is C[C@H](C(=O)N(c1ccccc1)c1ccccc1)[C@H](CC(=O)N(C)C)c1ccc(Br)cc1. The molecule has 0 fully saturated rings. The van der Waals surface area contributed by atoms with Crippen LogP contribution in [0.3, 0.4) is 0 Å². The van der Waals surface area contributed by atoms with Crippen LogP contribution in [-0.4, -0.2) is 30.8 Å². The fourth-order valence-corrected chi connectivity index (χ4v) is 3.86. The van der Waals surface area contributed by atoms with Crippen LogP contribution in [0.15, 0.2) is 89.4 Å². The zero-order valence-corrected chi connectivity index (χ0v) is 19.6. The molecule has 0 aliphatic heterocycles. The van der Waals surface area contributed by atoms with Crippen LogP contribution in [0.1, 0.15) is 24.8 Å². The van der Waals surface area contributed by atoms with Crippen LogP contribution in [0, 0.1) is 5.92 Å². The minimum atomic E-state index is -0.412. The van der Waals surface area contributed by atoms with Gasteiger partial charge in [-0.25, -0.2) is 0 Å². The van der Waals surface area contributed by atoms with Crippen molar-refractivity contribution in [1.29, 1.82) is 0 Å². The first-order valence-corrected chi connectivity index (χ1v) is 11.1. The van der Waals surface area contributed by atoms with Crippen LogP contribution < -0.4 is 4.90 Å². The van der Waals surface area contributed by atoms with Gasteiger partial charge >= 0.3 is 0 Å². The third-order valence-corrected chi connectivity index (χ3v) is 5.96. The van der Waals surface area contributed by atoms with Gasteiger partial charge in [-0.05, 0) is 42.0 Å². The third kappa shape index (κ3) is 5.61. The first kappa shape index (κ1) is 22.8. The highest BCUT2D eigenvalue weighted by atomic mass is 79.9. The van der Waals surface area contributed by atoms with E-state index in [-0.39, 0.29) is 24.2 Å². The van der Waals surface area contributed by atoms with Gasteiger partial charge < -0.3 is 4.90 Å². The van der Waals surface area contributed by atoms with Crippen molar-refractivity contribution in [2.45, 2.75) is 19.3 Å². The van der Waals surface area contributed by atoms with Gasteiger partial charge in [0.2, 0.25) is 11.8 Å². The van der Waals surface area contributed by atoms with Crippen molar-refractivity contribution < 1.29 is 9.59 Å². The minimum absolute atomic E-state index is 0.00135. The molecule has 0 unspecified atom stereocenters. The van der Waals surface area contributed by atoms with Crippen molar-refractivity contribution in [1.82, 2.24) is 4.90 Å². The summed E-state index contributed by atoms with van der Waals surface area (Å²) in [4.78, 5) is 29.8. The zero-order chi connectivity index (χ0) is 22.4. The number of amides is 2. The molecule has 5 heteroatoms. The smallest absolute Gasteiger partial charge is 0.235 e. The van der Waals surface area contributed by atoms with E-state index in [2.05, 4.69) is 15.9 Å². The fourth-order valence-electron chi connectivity index (χ4n) is 3.60.